The third-order valence-electron chi connectivity index (χ3n) is 1.99. The van der Waals surface area contributed by atoms with Crippen LogP contribution in [0.4, 0.5) is 0 Å². The summed E-state index contributed by atoms with van der Waals surface area (Å²) in [4.78, 5) is 0. The highest BCUT2D eigenvalue weighted by molar-refractivity contribution is 4.61. The van der Waals surface area contributed by atoms with E-state index in [4.69, 9.17) is 19.9 Å². The topological polar surface area (TPSA) is 53.7 Å². The van der Waals surface area contributed by atoms with Gasteiger partial charge in [0.05, 0.1) is 19.3 Å². The lowest BCUT2D eigenvalue weighted by atomic mass is 10.2. The molecule has 0 aromatic rings. The maximum atomic E-state index is 5.64. The van der Waals surface area contributed by atoms with E-state index in [2.05, 4.69) is 0 Å². The summed E-state index contributed by atoms with van der Waals surface area (Å²) in [7, 11) is 1.66. The third-order valence-corrected chi connectivity index (χ3v) is 1.99. The van der Waals surface area contributed by atoms with Crippen molar-refractivity contribution in [2.45, 2.75) is 32.4 Å². The number of hydrogen-bond donors (Lipinski definition) is 1. The van der Waals surface area contributed by atoms with Gasteiger partial charge < -0.3 is 19.9 Å². The molecule has 0 rings (SSSR count). The predicted molar refractivity (Wildman–Crippen MR) is 56.4 cm³/mol. The Morgan fingerprint density at radius 2 is 1.79 bits per heavy atom. The minimum atomic E-state index is 0.0874. The van der Waals surface area contributed by atoms with Crippen molar-refractivity contribution in [3.8, 4) is 0 Å². The van der Waals surface area contributed by atoms with Crippen LogP contribution in [0.15, 0.2) is 0 Å². The Kier molecular flexibility index (Phi) is 9.29. The molecule has 0 saturated heterocycles. The van der Waals surface area contributed by atoms with Crippen molar-refractivity contribution in [2.75, 3.05) is 33.5 Å². The fourth-order valence-electron chi connectivity index (χ4n) is 0.826. The Bertz CT molecular complexity index is 120. The molecule has 4 heteroatoms. The molecule has 0 aliphatic heterocycles. The molecular weight excluding hydrogens is 182 g/mol. The minimum Gasteiger partial charge on any atom is -0.382 e. The summed E-state index contributed by atoms with van der Waals surface area (Å²) in [5.41, 5.74) is 5.64. The van der Waals surface area contributed by atoms with Gasteiger partial charge in [0, 0.05) is 26.4 Å². The van der Waals surface area contributed by atoms with Crippen LogP contribution in [0.5, 0.6) is 0 Å². The predicted octanol–water partition coefficient (Wildman–Crippen LogP) is 0.792. The summed E-state index contributed by atoms with van der Waals surface area (Å²) in [6.07, 6.45) is 1.02. The zero-order valence-electron chi connectivity index (χ0n) is 9.49. The Morgan fingerprint density at radius 3 is 2.36 bits per heavy atom. The van der Waals surface area contributed by atoms with E-state index in [1.807, 2.05) is 13.8 Å². The van der Waals surface area contributed by atoms with E-state index in [1.54, 1.807) is 7.11 Å². The van der Waals surface area contributed by atoms with Crippen molar-refractivity contribution in [1.29, 1.82) is 0 Å². The first-order valence-corrected chi connectivity index (χ1v) is 5.12. The second kappa shape index (κ2) is 9.40. The number of hydrogen-bond acceptors (Lipinski definition) is 4. The van der Waals surface area contributed by atoms with Crippen LogP contribution < -0.4 is 5.73 Å². The lowest BCUT2D eigenvalue weighted by Crippen LogP contribution is -2.31. The van der Waals surface area contributed by atoms with Crippen LogP contribution in [0.25, 0.3) is 0 Å². The fourth-order valence-corrected chi connectivity index (χ4v) is 0.826. The minimum absolute atomic E-state index is 0.0874. The lowest BCUT2D eigenvalue weighted by Gasteiger charge is -2.16. The third kappa shape index (κ3) is 8.44. The highest BCUT2D eigenvalue weighted by Gasteiger charge is 2.06. The maximum Gasteiger partial charge on any atom is 0.0700 e. The molecule has 4 nitrogen and oxygen atoms in total. The zero-order chi connectivity index (χ0) is 10.8. The van der Waals surface area contributed by atoms with Gasteiger partial charge in [-0.3, -0.25) is 0 Å². The van der Waals surface area contributed by atoms with Gasteiger partial charge in [-0.15, -0.1) is 0 Å². The van der Waals surface area contributed by atoms with Crippen LogP contribution in [0, 0.1) is 0 Å². The van der Waals surface area contributed by atoms with E-state index in [0.717, 1.165) is 13.0 Å². The molecule has 0 aromatic heterocycles. The highest BCUT2D eigenvalue weighted by Crippen LogP contribution is 1.96. The Balaban J connectivity index is 3.06. The van der Waals surface area contributed by atoms with Crippen LogP contribution in [-0.4, -0.2) is 45.7 Å². The first-order valence-electron chi connectivity index (χ1n) is 5.12. The van der Waals surface area contributed by atoms with Crippen LogP contribution in [0.3, 0.4) is 0 Å². The van der Waals surface area contributed by atoms with E-state index < -0.39 is 0 Å². The molecule has 0 aliphatic rings. The molecule has 2 N–H and O–H groups in total. The summed E-state index contributed by atoms with van der Waals surface area (Å²) >= 11 is 0. The average Bonchev–Trinajstić information content (AvgIpc) is 2.16. The second-order valence-corrected chi connectivity index (χ2v) is 3.39. The van der Waals surface area contributed by atoms with Crippen LogP contribution in [-0.2, 0) is 14.2 Å². The van der Waals surface area contributed by atoms with Gasteiger partial charge in [-0.05, 0) is 20.3 Å². The van der Waals surface area contributed by atoms with E-state index in [0.29, 0.717) is 19.8 Å². The maximum absolute atomic E-state index is 5.64. The van der Waals surface area contributed by atoms with E-state index in [-0.39, 0.29) is 12.1 Å². The summed E-state index contributed by atoms with van der Waals surface area (Å²) in [6.45, 7) is 6.65. The monoisotopic (exact) mass is 205 g/mol. The molecule has 86 valence electrons. The van der Waals surface area contributed by atoms with Crippen molar-refractivity contribution in [2.24, 2.45) is 5.73 Å². The average molecular weight is 205 g/mol. The molecule has 0 saturated carbocycles. The summed E-state index contributed by atoms with van der Waals surface area (Å²) in [5.74, 6) is 0. The standard InChI is InChI=1S/C10H23NO3/c1-9(11)10(2)14-6-4-5-13-8-7-12-3/h9-10H,4-8,11H2,1-3H3. The Hall–Kier alpha value is -0.160. The zero-order valence-corrected chi connectivity index (χ0v) is 9.49. The molecule has 0 heterocycles. The molecule has 14 heavy (non-hydrogen) atoms. The second-order valence-electron chi connectivity index (χ2n) is 3.39. The molecule has 0 aromatic carbocycles. The molecule has 0 bridgehead atoms. The van der Waals surface area contributed by atoms with Gasteiger partial charge in [0.2, 0.25) is 0 Å². The quantitative estimate of drug-likeness (QED) is 0.565. The fraction of sp³-hybridized carbons (Fsp3) is 1.00. The van der Waals surface area contributed by atoms with Gasteiger partial charge in [-0.1, -0.05) is 0 Å². The molecule has 2 unspecified atom stereocenters. The first-order chi connectivity index (χ1) is 6.68. The molecule has 0 fully saturated rings. The van der Waals surface area contributed by atoms with Crippen molar-refractivity contribution < 1.29 is 14.2 Å². The number of nitrogens with two attached hydrogens (primary N) is 1. The molecule has 0 spiro atoms. The van der Waals surface area contributed by atoms with E-state index in [9.17, 15) is 0 Å². The normalized spacial score (nSPS) is 15.4. The molecule has 0 radical (unpaired) electrons. The van der Waals surface area contributed by atoms with Crippen molar-refractivity contribution in [1.82, 2.24) is 0 Å². The molecule has 2 atom stereocenters. The van der Waals surface area contributed by atoms with Gasteiger partial charge >= 0.3 is 0 Å². The van der Waals surface area contributed by atoms with Gasteiger partial charge in [0.1, 0.15) is 0 Å². The Morgan fingerprint density at radius 1 is 1.07 bits per heavy atom. The molecular formula is C10H23NO3. The number of rotatable bonds is 9. The lowest BCUT2D eigenvalue weighted by molar-refractivity contribution is 0.0232. The van der Waals surface area contributed by atoms with Crippen LogP contribution in [0.2, 0.25) is 0 Å². The number of ether oxygens (including phenoxy) is 3. The van der Waals surface area contributed by atoms with Crippen molar-refractivity contribution >= 4 is 0 Å². The number of methoxy groups -OCH3 is 1. The summed E-state index contributed by atoms with van der Waals surface area (Å²) in [5, 5.41) is 0. The van der Waals surface area contributed by atoms with Crippen LogP contribution >= 0.6 is 0 Å². The van der Waals surface area contributed by atoms with Gasteiger partial charge in [-0.2, -0.15) is 0 Å². The van der Waals surface area contributed by atoms with E-state index in [1.165, 1.54) is 0 Å². The molecule has 0 amide bonds. The SMILES string of the molecule is COCCOCCCOC(C)C(C)N. The summed E-state index contributed by atoms with van der Waals surface area (Å²) in [6, 6.07) is 0.0874. The smallest absolute Gasteiger partial charge is 0.0700 e. The van der Waals surface area contributed by atoms with Gasteiger partial charge in [0.15, 0.2) is 0 Å². The molecule has 0 aliphatic carbocycles. The van der Waals surface area contributed by atoms with Crippen LogP contribution in [0.1, 0.15) is 20.3 Å². The highest BCUT2D eigenvalue weighted by atomic mass is 16.5. The largest absolute Gasteiger partial charge is 0.382 e. The summed E-state index contributed by atoms with van der Waals surface area (Å²) < 4.78 is 15.6. The first kappa shape index (κ1) is 13.8. The van der Waals surface area contributed by atoms with E-state index >= 15 is 0 Å². The van der Waals surface area contributed by atoms with Gasteiger partial charge in [0.25, 0.3) is 0 Å². The van der Waals surface area contributed by atoms with Gasteiger partial charge in [-0.25, -0.2) is 0 Å². The van der Waals surface area contributed by atoms with Crippen molar-refractivity contribution in [3.63, 3.8) is 0 Å². The van der Waals surface area contributed by atoms with Crippen molar-refractivity contribution in [3.05, 3.63) is 0 Å². The Labute approximate surface area is 86.7 Å².